The molecule has 0 aromatic carbocycles. The average Bonchev–Trinajstić information content (AvgIpc) is 2.65. The van der Waals surface area contributed by atoms with Crippen molar-refractivity contribution in [2.24, 2.45) is 18.4 Å². The zero-order chi connectivity index (χ0) is 11.8. The number of carbonyl (C=O) groups excluding carboxylic acids is 1. The molecule has 4 heteroatoms. The molecule has 1 heterocycles. The van der Waals surface area contributed by atoms with Crippen molar-refractivity contribution in [2.75, 3.05) is 6.54 Å². The molecule has 88 valence electrons. The van der Waals surface area contributed by atoms with Crippen LogP contribution >= 0.6 is 0 Å². The Morgan fingerprint density at radius 2 is 2.38 bits per heavy atom. The van der Waals surface area contributed by atoms with Crippen LogP contribution in [0.5, 0.6) is 0 Å². The van der Waals surface area contributed by atoms with Crippen molar-refractivity contribution in [3.63, 3.8) is 0 Å². The summed E-state index contributed by atoms with van der Waals surface area (Å²) < 4.78 is 1.98. The van der Waals surface area contributed by atoms with Crippen molar-refractivity contribution in [2.45, 2.75) is 26.7 Å². The molecule has 1 saturated carbocycles. The maximum Gasteiger partial charge on any atom is 0.223 e. The molecule has 0 spiro atoms. The van der Waals surface area contributed by atoms with E-state index in [2.05, 4.69) is 24.1 Å². The van der Waals surface area contributed by atoms with E-state index in [1.165, 1.54) is 0 Å². The fourth-order valence-corrected chi connectivity index (χ4v) is 1.98. The number of aromatic nitrogens is 2. The Bertz CT molecular complexity index is 395. The first kappa shape index (κ1) is 11.2. The number of imidazole rings is 1. The fraction of sp³-hybridized carbons (Fsp3) is 0.667. The summed E-state index contributed by atoms with van der Waals surface area (Å²) in [4.78, 5) is 15.7. The monoisotopic (exact) mass is 221 g/mol. The van der Waals surface area contributed by atoms with Gasteiger partial charge in [0.15, 0.2) is 0 Å². The third-order valence-electron chi connectivity index (χ3n) is 3.43. The van der Waals surface area contributed by atoms with Crippen LogP contribution < -0.4 is 5.32 Å². The highest BCUT2D eigenvalue weighted by Crippen LogP contribution is 2.51. The van der Waals surface area contributed by atoms with Crippen molar-refractivity contribution >= 4 is 5.91 Å². The van der Waals surface area contributed by atoms with Gasteiger partial charge in [-0.2, -0.15) is 0 Å². The first-order valence-electron chi connectivity index (χ1n) is 5.73. The summed E-state index contributed by atoms with van der Waals surface area (Å²) in [5.74, 6) is 0.422. The highest BCUT2D eigenvalue weighted by atomic mass is 16.2. The maximum atomic E-state index is 11.7. The van der Waals surface area contributed by atoms with Gasteiger partial charge >= 0.3 is 0 Å². The molecule has 1 amide bonds. The van der Waals surface area contributed by atoms with E-state index in [1.807, 2.05) is 17.8 Å². The Morgan fingerprint density at radius 3 is 2.88 bits per heavy atom. The van der Waals surface area contributed by atoms with Crippen molar-refractivity contribution in [3.8, 4) is 0 Å². The van der Waals surface area contributed by atoms with Gasteiger partial charge in [0.25, 0.3) is 0 Å². The lowest BCUT2D eigenvalue weighted by Crippen LogP contribution is -2.28. The maximum absolute atomic E-state index is 11.7. The van der Waals surface area contributed by atoms with Crippen LogP contribution in [0, 0.1) is 11.3 Å². The highest BCUT2D eigenvalue weighted by molar-refractivity contribution is 5.82. The Balaban J connectivity index is 1.73. The number of carbonyl (C=O) groups is 1. The minimum Gasteiger partial charge on any atom is -0.355 e. The molecule has 1 atom stereocenters. The summed E-state index contributed by atoms with van der Waals surface area (Å²) in [5.41, 5.74) is 1.37. The molecule has 1 aromatic rings. The lowest BCUT2D eigenvalue weighted by atomic mass is 10.1. The normalized spacial score (nSPS) is 21.8. The molecular formula is C12H19N3O. The number of amides is 1. The molecule has 2 rings (SSSR count). The summed E-state index contributed by atoms with van der Waals surface area (Å²) >= 11 is 0. The van der Waals surface area contributed by atoms with Gasteiger partial charge in [0.2, 0.25) is 5.91 Å². The van der Waals surface area contributed by atoms with E-state index in [-0.39, 0.29) is 17.2 Å². The molecule has 0 aliphatic heterocycles. The molecule has 4 nitrogen and oxygen atoms in total. The Morgan fingerprint density at radius 1 is 1.69 bits per heavy atom. The highest BCUT2D eigenvalue weighted by Gasteiger charge is 2.50. The first-order valence-corrected chi connectivity index (χ1v) is 5.73. The van der Waals surface area contributed by atoms with Gasteiger partial charge in [0.1, 0.15) is 0 Å². The van der Waals surface area contributed by atoms with Gasteiger partial charge in [-0.25, -0.2) is 4.98 Å². The fourth-order valence-electron chi connectivity index (χ4n) is 1.98. The second kappa shape index (κ2) is 3.92. The van der Waals surface area contributed by atoms with Crippen LogP contribution in [0.3, 0.4) is 0 Å². The summed E-state index contributed by atoms with van der Waals surface area (Å²) in [6.45, 7) is 4.97. The van der Waals surface area contributed by atoms with Crippen LogP contribution in [0.25, 0.3) is 0 Å². The van der Waals surface area contributed by atoms with Crippen LogP contribution in [-0.2, 0) is 18.3 Å². The van der Waals surface area contributed by atoms with Crippen molar-refractivity contribution in [1.29, 1.82) is 0 Å². The zero-order valence-corrected chi connectivity index (χ0v) is 10.2. The van der Waals surface area contributed by atoms with Crippen LogP contribution in [-0.4, -0.2) is 22.0 Å². The molecule has 16 heavy (non-hydrogen) atoms. The molecule has 1 aliphatic rings. The SMILES string of the molecule is Cn1cncc1CCNC(=O)[C@H]1CC1(C)C. The van der Waals surface area contributed by atoms with Crippen LogP contribution in [0.15, 0.2) is 12.5 Å². The minimum atomic E-state index is 0.201. The number of nitrogens with one attached hydrogen (secondary N) is 1. The van der Waals surface area contributed by atoms with Gasteiger partial charge in [-0.15, -0.1) is 0 Å². The van der Waals surface area contributed by atoms with Crippen molar-refractivity contribution in [3.05, 3.63) is 18.2 Å². The van der Waals surface area contributed by atoms with Crippen molar-refractivity contribution in [1.82, 2.24) is 14.9 Å². The third-order valence-corrected chi connectivity index (χ3v) is 3.43. The third kappa shape index (κ3) is 2.26. The van der Waals surface area contributed by atoms with E-state index in [0.717, 1.165) is 18.5 Å². The predicted molar refractivity (Wildman–Crippen MR) is 61.8 cm³/mol. The van der Waals surface area contributed by atoms with Crippen LogP contribution in [0.2, 0.25) is 0 Å². The Hall–Kier alpha value is -1.32. The Kier molecular flexibility index (Phi) is 2.74. The molecule has 1 N–H and O–H groups in total. The average molecular weight is 221 g/mol. The number of hydrogen-bond acceptors (Lipinski definition) is 2. The van der Waals surface area contributed by atoms with E-state index in [9.17, 15) is 4.79 Å². The number of aryl methyl sites for hydroxylation is 1. The van der Waals surface area contributed by atoms with Crippen molar-refractivity contribution < 1.29 is 4.79 Å². The first-order chi connectivity index (χ1) is 7.50. The summed E-state index contributed by atoms with van der Waals surface area (Å²) in [6, 6.07) is 0. The quantitative estimate of drug-likeness (QED) is 0.828. The predicted octanol–water partition coefficient (Wildman–Crippen LogP) is 1.12. The lowest BCUT2D eigenvalue weighted by molar-refractivity contribution is -0.122. The smallest absolute Gasteiger partial charge is 0.223 e. The van der Waals surface area contributed by atoms with E-state index in [4.69, 9.17) is 0 Å². The zero-order valence-electron chi connectivity index (χ0n) is 10.2. The second-order valence-electron chi connectivity index (χ2n) is 5.28. The molecule has 1 aliphatic carbocycles. The minimum absolute atomic E-state index is 0.201. The van der Waals surface area contributed by atoms with E-state index in [0.29, 0.717) is 6.54 Å². The topological polar surface area (TPSA) is 46.9 Å². The molecule has 0 saturated heterocycles. The molecule has 1 aromatic heterocycles. The summed E-state index contributed by atoms with van der Waals surface area (Å²) in [7, 11) is 1.97. The summed E-state index contributed by atoms with van der Waals surface area (Å²) in [5, 5.41) is 2.99. The van der Waals surface area contributed by atoms with Crippen LogP contribution in [0.4, 0.5) is 0 Å². The number of hydrogen-bond donors (Lipinski definition) is 1. The standard InChI is InChI=1S/C12H19N3O/c1-12(2)6-10(12)11(16)14-5-4-9-7-13-8-15(9)3/h7-8,10H,4-6H2,1-3H3,(H,14,16)/t10-/m1/s1. The molecule has 1 fully saturated rings. The molecule has 0 unspecified atom stereocenters. The van der Waals surface area contributed by atoms with Gasteiger partial charge in [-0.05, 0) is 11.8 Å². The number of rotatable bonds is 4. The van der Waals surface area contributed by atoms with Crippen LogP contribution in [0.1, 0.15) is 26.0 Å². The lowest BCUT2D eigenvalue weighted by Gasteiger charge is -2.06. The van der Waals surface area contributed by atoms with Gasteiger partial charge < -0.3 is 9.88 Å². The summed E-state index contributed by atoms with van der Waals surface area (Å²) in [6.07, 6.45) is 5.48. The van der Waals surface area contributed by atoms with Gasteiger partial charge in [-0.3, -0.25) is 4.79 Å². The van der Waals surface area contributed by atoms with E-state index >= 15 is 0 Å². The van der Waals surface area contributed by atoms with Gasteiger partial charge in [0.05, 0.1) is 6.33 Å². The molecule has 0 radical (unpaired) electrons. The van der Waals surface area contributed by atoms with E-state index < -0.39 is 0 Å². The van der Waals surface area contributed by atoms with Gasteiger partial charge in [0, 0.05) is 37.8 Å². The molecule has 0 bridgehead atoms. The van der Waals surface area contributed by atoms with E-state index in [1.54, 1.807) is 6.33 Å². The second-order valence-corrected chi connectivity index (χ2v) is 5.28. The van der Waals surface area contributed by atoms with Gasteiger partial charge in [-0.1, -0.05) is 13.8 Å². The number of nitrogens with zero attached hydrogens (tertiary/aromatic N) is 2. The largest absolute Gasteiger partial charge is 0.355 e. The molecular weight excluding hydrogens is 202 g/mol. The Labute approximate surface area is 96.1 Å².